The van der Waals surface area contributed by atoms with Crippen molar-refractivity contribution in [3.8, 4) is 11.5 Å². The lowest BCUT2D eigenvalue weighted by Crippen LogP contribution is -1.97. The number of nitrogens with zero attached hydrogens (tertiary/aromatic N) is 2. The topological polar surface area (TPSA) is 47.0 Å². The molecule has 0 saturated carbocycles. The normalized spacial score (nSPS) is 10.7. The Morgan fingerprint density at radius 1 is 1.00 bits per heavy atom. The lowest BCUT2D eigenvalue weighted by Gasteiger charge is -2.13. The number of benzene rings is 2. The van der Waals surface area contributed by atoms with E-state index < -0.39 is 0 Å². The minimum absolute atomic E-state index is 0.647. The van der Waals surface area contributed by atoms with Crippen LogP contribution in [0.5, 0.6) is 11.5 Å². The maximum atomic E-state index is 6.16. The average molecular weight is 420 g/mol. The van der Waals surface area contributed by atoms with Gasteiger partial charge in [0.1, 0.15) is 5.75 Å². The molecule has 2 aromatic carbocycles. The number of nitrogens with one attached hydrogen (secondary N) is 1. The van der Waals surface area contributed by atoms with Gasteiger partial charge in [-0.15, -0.1) is 11.3 Å². The average Bonchev–Trinajstić information content (AvgIpc) is 3.12. The predicted octanol–water partition coefficient (Wildman–Crippen LogP) is 7.15. The standard InChI is InChI=1S/C23H21N3OS2/c1-15-9-10-16(2)21(11-15)29-19-12-20(27-18-7-5-4-6-8-18)22(24-13-19)26-23-25-17(3)14-28-23/h4-14H,1-3H3,(H,24,25,26). The molecule has 0 amide bonds. The second kappa shape index (κ2) is 8.68. The molecule has 4 rings (SSSR count). The predicted molar refractivity (Wildman–Crippen MR) is 121 cm³/mol. The minimum atomic E-state index is 0.647. The van der Waals surface area contributed by atoms with Gasteiger partial charge in [0, 0.05) is 27.4 Å². The Morgan fingerprint density at radius 3 is 2.59 bits per heavy atom. The summed E-state index contributed by atoms with van der Waals surface area (Å²) in [5.41, 5.74) is 3.46. The van der Waals surface area contributed by atoms with Gasteiger partial charge in [-0.25, -0.2) is 9.97 Å². The van der Waals surface area contributed by atoms with Crippen molar-refractivity contribution in [2.75, 3.05) is 5.32 Å². The second-order valence-electron chi connectivity index (χ2n) is 6.72. The van der Waals surface area contributed by atoms with E-state index in [0.717, 1.165) is 21.5 Å². The molecule has 0 aliphatic carbocycles. The van der Waals surface area contributed by atoms with Crippen LogP contribution < -0.4 is 10.1 Å². The number of rotatable bonds is 6. The van der Waals surface area contributed by atoms with Gasteiger partial charge in [-0.05, 0) is 50.1 Å². The summed E-state index contributed by atoms with van der Waals surface area (Å²) in [6.45, 7) is 6.20. The summed E-state index contributed by atoms with van der Waals surface area (Å²) in [4.78, 5) is 11.3. The summed E-state index contributed by atoms with van der Waals surface area (Å²) >= 11 is 3.24. The first-order valence-electron chi connectivity index (χ1n) is 9.24. The number of anilines is 2. The van der Waals surface area contributed by atoms with Crippen molar-refractivity contribution in [3.63, 3.8) is 0 Å². The van der Waals surface area contributed by atoms with Crippen LogP contribution in [0.1, 0.15) is 16.8 Å². The molecule has 2 heterocycles. The third-order valence-corrected chi connectivity index (χ3v) is 6.21. The van der Waals surface area contributed by atoms with Gasteiger partial charge in [0.25, 0.3) is 0 Å². The van der Waals surface area contributed by atoms with E-state index in [1.165, 1.54) is 16.0 Å². The fourth-order valence-corrected chi connectivity index (χ4v) is 4.41. The van der Waals surface area contributed by atoms with E-state index in [0.29, 0.717) is 11.6 Å². The lowest BCUT2D eigenvalue weighted by molar-refractivity contribution is 0.481. The van der Waals surface area contributed by atoms with Crippen molar-refractivity contribution in [1.82, 2.24) is 9.97 Å². The molecule has 1 N–H and O–H groups in total. The molecule has 0 bridgehead atoms. The molecule has 146 valence electrons. The Bertz CT molecular complexity index is 1130. The van der Waals surface area contributed by atoms with Crippen LogP contribution in [0.25, 0.3) is 0 Å². The molecule has 0 fully saturated rings. The minimum Gasteiger partial charge on any atom is -0.453 e. The summed E-state index contributed by atoms with van der Waals surface area (Å²) in [5, 5.41) is 6.09. The SMILES string of the molecule is Cc1ccc(C)c(Sc2cnc(Nc3nc(C)cs3)c(Oc3ccccc3)c2)c1. The van der Waals surface area contributed by atoms with Crippen molar-refractivity contribution in [2.45, 2.75) is 30.6 Å². The highest BCUT2D eigenvalue weighted by Gasteiger charge is 2.12. The number of hydrogen-bond donors (Lipinski definition) is 1. The third-order valence-electron chi connectivity index (χ3n) is 4.21. The summed E-state index contributed by atoms with van der Waals surface area (Å²) in [7, 11) is 0. The smallest absolute Gasteiger partial charge is 0.188 e. The molecule has 0 unspecified atom stereocenters. The molecule has 0 radical (unpaired) electrons. The summed E-state index contributed by atoms with van der Waals surface area (Å²) < 4.78 is 6.16. The molecule has 4 nitrogen and oxygen atoms in total. The second-order valence-corrected chi connectivity index (χ2v) is 8.70. The van der Waals surface area contributed by atoms with Gasteiger partial charge in [0.15, 0.2) is 16.7 Å². The zero-order valence-corrected chi connectivity index (χ0v) is 18.1. The fraction of sp³-hybridized carbons (Fsp3) is 0.130. The van der Waals surface area contributed by atoms with Crippen molar-refractivity contribution in [1.29, 1.82) is 0 Å². The van der Waals surface area contributed by atoms with E-state index >= 15 is 0 Å². The number of thiazole rings is 1. The zero-order chi connectivity index (χ0) is 20.2. The third kappa shape index (κ3) is 4.96. The van der Waals surface area contributed by atoms with Gasteiger partial charge in [-0.2, -0.15) is 0 Å². The molecule has 0 aliphatic rings. The van der Waals surface area contributed by atoms with Crippen molar-refractivity contribution < 1.29 is 4.74 Å². The number of para-hydroxylation sites is 1. The summed E-state index contributed by atoms with van der Waals surface area (Å²) in [6.07, 6.45) is 1.87. The Kier molecular flexibility index (Phi) is 5.83. The molecule has 4 aromatic rings. The van der Waals surface area contributed by atoms with Gasteiger partial charge in [-0.3, -0.25) is 0 Å². The Morgan fingerprint density at radius 2 is 1.83 bits per heavy atom. The van der Waals surface area contributed by atoms with Gasteiger partial charge in [-0.1, -0.05) is 42.1 Å². The van der Waals surface area contributed by atoms with Gasteiger partial charge in [0.2, 0.25) is 0 Å². The van der Waals surface area contributed by atoms with E-state index in [2.05, 4.69) is 47.3 Å². The molecular weight excluding hydrogens is 398 g/mol. The van der Waals surface area contributed by atoms with E-state index in [9.17, 15) is 0 Å². The van der Waals surface area contributed by atoms with Crippen LogP contribution in [0.3, 0.4) is 0 Å². The number of hydrogen-bond acceptors (Lipinski definition) is 6. The highest BCUT2D eigenvalue weighted by Crippen LogP contribution is 2.37. The Labute approximate surface area is 179 Å². The van der Waals surface area contributed by atoms with Crippen molar-refractivity contribution >= 4 is 34.0 Å². The van der Waals surface area contributed by atoms with Crippen LogP contribution in [0, 0.1) is 20.8 Å². The Hall–Kier alpha value is -2.83. The van der Waals surface area contributed by atoms with Crippen LogP contribution in [-0.2, 0) is 0 Å². The monoisotopic (exact) mass is 419 g/mol. The summed E-state index contributed by atoms with van der Waals surface area (Å²) in [6, 6.07) is 18.2. The fourth-order valence-electron chi connectivity index (χ4n) is 2.73. The van der Waals surface area contributed by atoms with E-state index in [1.807, 2.05) is 54.9 Å². The maximum Gasteiger partial charge on any atom is 0.188 e. The number of ether oxygens (including phenoxy) is 1. The van der Waals surface area contributed by atoms with Crippen molar-refractivity contribution in [2.24, 2.45) is 0 Å². The maximum absolute atomic E-state index is 6.16. The molecular formula is C23H21N3OS2. The first-order valence-corrected chi connectivity index (χ1v) is 10.9. The zero-order valence-electron chi connectivity index (χ0n) is 16.5. The van der Waals surface area contributed by atoms with Crippen molar-refractivity contribution in [3.05, 3.63) is 83.0 Å². The quantitative estimate of drug-likeness (QED) is 0.359. The molecule has 0 aliphatic heterocycles. The first kappa shape index (κ1) is 19.5. The number of pyridine rings is 1. The van der Waals surface area contributed by atoms with E-state index in [-0.39, 0.29) is 0 Å². The number of aromatic nitrogens is 2. The molecule has 0 spiro atoms. The molecule has 2 aromatic heterocycles. The van der Waals surface area contributed by atoms with E-state index in [1.54, 1.807) is 23.1 Å². The van der Waals surface area contributed by atoms with Gasteiger partial charge >= 0.3 is 0 Å². The highest BCUT2D eigenvalue weighted by molar-refractivity contribution is 7.99. The summed E-state index contributed by atoms with van der Waals surface area (Å²) in [5.74, 6) is 2.08. The Balaban J connectivity index is 1.67. The van der Waals surface area contributed by atoms with E-state index in [4.69, 9.17) is 4.74 Å². The molecule has 0 atom stereocenters. The molecule has 0 saturated heterocycles. The van der Waals surface area contributed by atoms with Crippen LogP contribution >= 0.6 is 23.1 Å². The van der Waals surface area contributed by atoms with Crippen LogP contribution in [-0.4, -0.2) is 9.97 Å². The molecule has 6 heteroatoms. The van der Waals surface area contributed by atoms with Crippen LogP contribution in [0.2, 0.25) is 0 Å². The first-order chi connectivity index (χ1) is 14.1. The highest BCUT2D eigenvalue weighted by atomic mass is 32.2. The van der Waals surface area contributed by atoms with Crippen LogP contribution in [0.4, 0.5) is 10.9 Å². The largest absolute Gasteiger partial charge is 0.453 e. The molecule has 29 heavy (non-hydrogen) atoms. The van der Waals surface area contributed by atoms with Crippen LogP contribution in [0.15, 0.2) is 76.0 Å². The lowest BCUT2D eigenvalue weighted by atomic mass is 10.2. The number of aryl methyl sites for hydroxylation is 3. The van der Waals surface area contributed by atoms with Gasteiger partial charge < -0.3 is 10.1 Å². The van der Waals surface area contributed by atoms with Gasteiger partial charge in [0.05, 0.1) is 5.69 Å².